The number of halogens is 1. The van der Waals surface area contributed by atoms with Gasteiger partial charge in [-0.25, -0.2) is 4.39 Å². The van der Waals surface area contributed by atoms with Crippen LogP contribution in [0, 0.1) is 5.82 Å². The van der Waals surface area contributed by atoms with Crippen LogP contribution in [0.4, 0.5) is 10.1 Å². The quantitative estimate of drug-likeness (QED) is 0.615. The zero-order valence-corrected chi connectivity index (χ0v) is 8.60. The Bertz CT molecular complexity index is 480. The Morgan fingerprint density at radius 3 is 2.38 bits per heavy atom. The molecule has 2 rings (SSSR count). The van der Waals surface area contributed by atoms with Crippen LogP contribution in [0.15, 0.2) is 59.7 Å². The van der Waals surface area contributed by atoms with Gasteiger partial charge in [-0.1, -0.05) is 36.4 Å². The van der Waals surface area contributed by atoms with Crippen molar-refractivity contribution in [2.45, 2.75) is 0 Å². The van der Waals surface area contributed by atoms with Crippen molar-refractivity contribution < 1.29 is 4.39 Å². The van der Waals surface area contributed by atoms with E-state index in [4.69, 9.17) is 0 Å². The van der Waals surface area contributed by atoms with Gasteiger partial charge in [0.1, 0.15) is 5.82 Å². The van der Waals surface area contributed by atoms with Crippen molar-refractivity contribution in [2.75, 3.05) is 5.43 Å². The topological polar surface area (TPSA) is 24.4 Å². The van der Waals surface area contributed by atoms with Crippen molar-refractivity contribution >= 4 is 11.9 Å². The molecule has 0 fully saturated rings. The third kappa shape index (κ3) is 2.67. The lowest BCUT2D eigenvalue weighted by Gasteiger charge is -1.98. The summed E-state index contributed by atoms with van der Waals surface area (Å²) in [5, 5.41) is 3.96. The molecule has 2 nitrogen and oxygen atoms in total. The summed E-state index contributed by atoms with van der Waals surface area (Å²) in [5.41, 5.74) is 4.16. The molecule has 0 heterocycles. The Morgan fingerprint density at radius 2 is 1.62 bits per heavy atom. The number of nitrogens with one attached hydrogen (secondary N) is 1. The summed E-state index contributed by atoms with van der Waals surface area (Å²) in [6.07, 6.45) is 1.46. The van der Waals surface area contributed by atoms with Crippen molar-refractivity contribution in [3.63, 3.8) is 0 Å². The van der Waals surface area contributed by atoms with Crippen molar-refractivity contribution in [3.05, 3.63) is 66.0 Å². The molecule has 2 aromatic rings. The lowest BCUT2D eigenvalue weighted by molar-refractivity contribution is 0.626. The predicted molar refractivity (Wildman–Crippen MR) is 64.1 cm³/mol. The number of nitrogens with zero attached hydrogens (tertiary/aromatic N) is 1. The van der Waals surface area contributed by atoms with Gasteiger partial charge in [0.25, 0.3) is 0 Å². The molecule has 0 saturated heterocycles. The average molecular weight is 214 g/mol. The van der Waals surface area contributed by atoms with Gasteiger partial charge in [0.05, 0.1) is 11.9 Å². The second kappa shape index (κ2) is 5.07. The van der Waals surface area contributed by atoms with Crippen molar-refractivity contribution in [3.8, 4) is 0 Å². The third-order valence-corrected chi connectivity index (χ3v) is 2.08. The molecule has 0 unspecified atom stereocenters. The van der Waals surface area contributed by atoms with E-state index < -0.39 is 0 Å². The molecule has 1 N–H and O–H groups in total. The Balaban J connectivity index is 2.03. The van der Waals surface area contributed by atoms with Gasteiger partial charge in [-0.3, -0.25) is 5.43 Å². The Morgan fingerprint density at radius 1 is 0.938 bits per heavy atom. The molecular weight excluding hydrogens is 203 g/mol. The molecular formula is C13H11FN2. The van der Waals surface area contributed by atoms with Gasteiger partial charge in [0, 0.05) is 5.56 Å². The summed E-state index contributed by atoms with van der Waals surface area (Å²) >= 11 is 0. The Kier molecular flexibility index (Phi) is 3.28. The van der Waals surface area contributed by atoms with Gasteiger partial charge in [0.2, 0.25) is 0 Å². The van der Waals surface area contributed by atoms with Gasteiger partial charge in [-0.15, -0.1) is 0 Å². The fourth-order valence-corrected chi connectivity index (χ4v) is 1.27. The zero-order chi connectivity index (χ0) is 11.2. The molecule has 0 atom stereocenters. The van der Waals surface area contributed by atoms with Crippen LogP contribution in [0.2, 0.25) is 0 Å². The molecule has 0 spiro atoms. The molecule has 0 amide bonds. The summed E-state index contributed by atoms with van der Waals surface area (Å²) in [5.74, 6) is -0.277. The van der Waals surface area contributed by atoms with Crippen LogP contribution in [0.5, 0.6) is 0 Å². The van der Waals surface area contributed by atoms with Gasteiger partial charge in [-0.2, -0.15) is 5.10 Å². The van der Waals surface area contributed by atoms with Crippen LogP contribution in [-0.4, -0.2) is 6.21 Å². The maximum absolute atomic E-state index is 13.2. The summed E-state index contributed by atoms with van der Waals surface area (Å²) in [6.45, 7) is 0. The van der Waals surface area contributed by atoms with E-state index in [0.717, 1.165) is 5.69 Å². The molecule has 0 aliphatic carbocycles. The number of anilines is 1. The van der Waals surface area contributed by atoms with Gasteiger partial charge in [-0.05, 0) is 18.2 Å². The maximum atomic E-state index is 13.2. The van der Waals surface area contributed by atoms with E-state index >= 15 is 0 Å². The minimum Gasteiger partial charge on any atom is -0.279 e. The lowest BCUT2D eigenvalue weighted by Crippen LogP contribution is -1.92. The number of hydrogen-bond donors (Lipinski definition) is 1. The number of rotatable bonds is 3. The largest absolute Gasteiger partial charge is 0.279 e. The monoisotopic (exact) mass is 214 g/mol. The maximum Gasteiger partial charge on any atom is 0.132 e. The molecule has 80 valence electrons. The molecule has 0 saturated carbocycles. The smallest absolute Gasteiger partial charge is 0.132 e. The first-order chi connectivity index (χ1) is 7.86. The zero-order valence-electron chi connectivity index (χ0n) is 8.60. The Labute approximate surface area is 93.4 Å². The number of hydrogen-bond acceptors (Lipinski definition) is 2. The Hall–Kier alpha value is -2.16. The van der Waals surface area contributed by atoms with Crippen LogP contribution >= 0.6 is 0 Å². The molecule has 0 bridgehead atoms. The van der Waals surface area contributed by atoms with Gasteiger partial charge < -0.3 is 0 Å². The first kappa shape index (κ1) is 10.4. The van der Waals surface area contributed by atoms with E-state index in [1.54, 1.807) is 18.2 Å². The molecule has 0 radical (unpaired) electrons. The summed E-state index contributed by atoms with van der Waals surface area (Å²) in [4.78, 5) is 0. The van der Waals surface area contributed by atoms with Gasteiger partial charge >= 0.3 is 0 Å². The SMILES string of the molecule is Fc1ccccc1/C=N\Nc1ccccc1. The van der Waals surface area contributed by atoms with Crippen molar-refractivity contribution in [1.82, 2.24) is 0 Å². The lowest BCUT2D eigenvalue weighted by atomic mass is 10.2. The van der Waals surface area contributed by atoms with Crippen molar-refractivity contribution in [2.24, 2.45) is 5.10 Å². The minimum absolute atomic E-state index is 0.277. The molecule has 3 heteroatoms. The number of para-hydroxylation sites is 1. The molecule has 16 heavy (non-hydrogen) atoms. The highest BCUT2D eigenvalue weighted by Crippen LogP contribution is 2.06. The van der Waals surface area contributed by atoms with Gasteiger partial charge in [0.15, 0.2) is 0 Å². The van der Waals surface area contributed by atoms with Crippen LogP contribution in [0.25, 0.3) is 0 Å². The first-order valence-electron chi connectivity index (χ1n) is 4.95. The highest BCUT2D eigenvalue weighted by atomic mass is 19.1. The van der Waals surface area contributed by atoms with Crippen LogP contribution in [-0.2, 0) is 0 Å². The van der Waals surface area contributed by atoms with Crippen LogP contribution in [0.1, 0.15) is 5.56 Å². The standard InChI is InChI=1S/C13H11FN2/c14-13-9-5-4-6-11(13)10-15-16-12-7-2-1-3-8-12/h1-10,16H/b15-10-. The average Bonchev–Trinajstić information content (AvgIpc) is 2.33. The van der Waals surface area contributed by atoms with E-state index in [9.17, 15) is 4.39 Å². The first-order valence-corrected chi connectivity index (χ1v) is 4.95. The minimum atomic E-state index is -0.277. The third-order valence-electron chi connectivity index (χ3n) is 2.08. The normalized spacial score (nSPS) is 10.6. The summed E-state index contributed by atoms with van der Waals surface area (Å²) in [7, 11) is 0. The van der Waals surface area contributed by atoms with E-state index in [1.165, 1.54) is 12.3 Å². The van der Waals surface area contributed by atoms with E-state index in [-0.39, 0.29) is 5.82 Å². The van der Waals surface area contributed by atoms with Crippen molar-refractivity contribution in [1.29, 1.82) is 0 Å². The van der Waals surface area contributed by atoms with Crippen LogP contribution < -0.4 is 5.43 Å². The fourth-order valence-electron chi connectivity index (χ4n) is 1.27. The molecule has 2 aromatic carbocycles. The summed E-state index contributed by atoms with van der Waals surface area (Å²) in [6, 6.07) is 16.0. The molecule has 0 aliphatic rings. The van der Waals surface area contributed by atoms with E-state index in [0.29, 0.717) is 5.56 Å². The second-order valence-corrected chi connectivity index (χ2v) is 3.26. The molecule has 0 aromatic heterocycles. The number of benzene rings is 2. The highest BCUT2D eigenvalue weighted by molar-refractivity contribution is 5.80. The van der Waals surface area contributed by atoms with Crippen LogP contribution in [0.3, 0.4) is 0 Å². The summed E-state index contributed by atoms with van der Waals surface area (Å²) < 4.78 is 13.2. The van der Waals surface area contributed by atoms with E-state index in [2.05, 4.69) is 10.5 Å². The van der Waals surface area contributed by atoms with E-state index in [1.807, 2.05) is 30.3 Å². The fraction of sp³-hybridized carbons (Fsp3) is 0. The predicted octanol–water partition coefficient (Wildman–Crippen LogP) is 3.27. The second-order valence-electron chi connectivity index (χ2n) is 3.26. The highest BCUT2D eigenvalue weighted by Gasteiger charge is 1.95. The number of hydrazone groups is 1. The molecule has 0 aliphatic heterocycles.